The highest BCUT2D eigenvalue weighted by Crippen LogP contribution is 2.09. The summed E-state index contributed by atoms with van der Waals surface area (Å²) in [5.74, 6) is -1.11. The Morgan fingerprint density at radius 2 is 1.47 bits per heavy atom. The molecule has 0 saturated carbocycles. The molecule has 0 radical (unpaired) electrons. The first-order valence-corrected chi connectivity index (χ1v) is 10.4. The number of ether oxygens (including phenoxy) is 1. The molecule has 2 rings (SSSR count). The van der Waals surface area contributed by atoms with E-state index >= 15 is 0 Å². The summed E-state index contributed by atoms with van der Waals surface area (Å²) in [5, 5.41) is 6.44. The number of hydroxylamine groups is 2. The standard InChI is InChI=1S/C24H31N3O5/c1-17(2)21(26-24(30)32-16-19-13-9-6-10-14-19)22(28)25-20(23(29)27(3)31-4)15-18-11-7-5-8-12-18/h5-14,17,20-21H,15-16H2,1-4H3,(H,25,28)(H,26,30)/t20-,21-/m0/s1. The van der Waals surface area contributed by atoms with E-state index in [-0.39, 0.29) is 18.9 Å². The third-order valence-corrected chi connectivity index (χ3v) is 4.92. The van der Waals surface area contributed by atoms with Crippen molar-refractivity contribution in [3.8, 4) is 0 Å². The molecule has 2 atom stereocenters. The molecular formula is C24H31N3O5. The van der Waals surface area contributed by atoms with Gasteiger partial charge >= 0.3 is 6.09 Å². The van der Waals surface area contributed by atoms with Gasteiger partial charge in [-0.25, -0.2) is 9.86 Å². The summed E-state index contributed by atoms with van der Waals surface area (Å²) in [7, 11) is 2.85. The minimum atomic E-state index is -0.878. The van der Waals surface area contributed by atoms with Crippen LogP contribution >= 0.6 is 0 Å². The fraction of sp³-hybridized carbons (Fsp3) is 0.375. The largest absolute Gasteiger partial charge is 0.445 e. The van der Waals surface area contributed by atoms with Gasteiger partial charge in [-0.3, -0.25) is 14.4 Å². The van der Waals surface area contributed by atoms with Crippen molar-refractivity contribution in [1.82, 2.24) is 15.7 Å². The van der Waals surface area contributed by atoms with Crippen LogP contribution in [0, 0.1) is 5.92 Å². The molecule has 0 saturated heterocycles. The van der Waals surface area contributed by atoms with Gasteiger partial charge in [0.1, 0.15) is 18.7 Å². The van der Waals surface area contributed by atoms with Gasteiger partial charge in [0.2, 0.25) is 5.91 Å². The Bertz CT molecular complexity index is 874. The zero-order chi connectivity index (χ0) is 23.5. The number of nitrogens with one attached hydrogen (secondary N) is 2. The Morgan fingerprint density at radius 1 is 0.906 bits per heavy atom. The highest BCUT2D eigenvalue weighted by Gasteiger charge is 2.30. The summed E-state index contributed by atoms with van der Waals surface area (Å²) in [6.07, 6.45) is -0.426. The lowest BCUT2D eigenvalue weighted by atomic mass is 10.0. The van der Waals surface area contributed by atoms with Gasteiger partial charge in [0, 0.05) is 13.5 Å². The second-order valence-electron chi connectivity index (χ2n) is 7.70. The van der Waals surface area contributed by atoms with Crippen LogP contribution in [0.25, 0.3) is 0 Å². The lowest BCUT2D eigenvalue weighted by molar-refractivity contribution is -0.171. The SMILES string of the molecule is CON(C)C(=O)[C@H](Cc1ccccc1)NC(=O)[C@@H](NC(=O)OCc1ccccc1)C(C)C. The van der Waals surface area contributed by atoms with E-state index < -0.39 is 30.0 Å². The number of hydrogen-bond acceptors (Lipinski definition) is 5. The van der Waals surface area contributed by atoms with Crippen molar-refractivity contribution in [1.29, 1.82) is 0 Å². The predicted octanol–water partition coefficient (Wildman–Crippen LogP) is 2.68. The van der Waals surface area contributed by atoms with E-state index in [0.29, 0.717) is 0 Å². The van der Waals surface area contributed by atoms with Gasteiger partial charge in [0.25, 0.3) is 5.91 Å². The Balaban J connectivity index is 2.05. The number of carbonyl (C=O) groups excluding carboxylic acids is 3. The molecule has 0 fully saturated rings. The molecule has 2 aromatic rings. The van der Waals surface area contributed by atoms with E-state index in [2.05, 4.69) is 10.6 Å². The third-order valence-electron chi connectivity index (χ3n) is 4.92. The lowest BCUT2D eigenvalue weighted by Crippen LogP contribution is -2.56. The number of nitrogens with zero attached hydrogens (tertiary/aromatic N) is 1. The molecule has 0 spiro atoms. The van der Waals surface area contributed by atoms with Gasteiger partial charge in [-0.15, -0.1) is 0 Å². The molecule has 2 N–H and O–H groups in total. The molecule has 8 nitrogen and oxygen atoms in total. The van der Waals surface area contributed by atoms with Crippen LogP contribution in [0.4, 0.5) is 4.79 Å². The monoisotopic (exact) mass is 441 g/mol. The number of alkyl carbamates (subject to hydrolysis) is 1. The van der Waals surface area contributed by atoms with Crippen LogP contribution in [0.5, 0.6) is 0 Å². The zero-order valence-corrected chi connectivity index (χ0v) is 18.9. The minimum Gasteiger partial charge on any atom is -0.445 e. The number of hydrogen-bond donors (Lipinski definition) is 2. The number of likely N-dealkylation sites (N-methyl/N-ethyl adjacent to an activating group) is 1. The van der Waals surface area contributed by atoms with Gasteiger partial charge in [-0.2, -0.15) is 0 Å². The topological polar surface area (TPSA) is 97.0 Å². The predicted molar refractivity (Wildman–Crippen MR) is 120 cm³/mol. The van der Waals surface area contributed by atoms with Gasteiger partial charge in [-0.05, 0) is 17.0 Å². The maximum atomic E-state index is 13.0. The first kappa shape index (κ1) is 24.9. The van der Waals surface area contributed by atoms with E-state index in [4.69, 9.17) is 9.57 Å². The van der Waals surface area contributed by atoms with Crippen molar-refractivity contribution >= 4 is 17.9 Å². The summed E-state index contributed by atoms with van der Waals surface area (Å²) in [6, 6.07) is 16.9. The molecule has 8 heteroatoms. The van der Waals surface area contributed by atoms with Crippen LogP contribution < -0.4 is 10.6 Å². The van der Waals surface area contributed by atoms with E-state index in [1.54, 1.807) is 13.8 Å². The molecule has 172 valence electrons. The molecule has 0 heterocycles. The first-order valence-electron chi connectivity index (χ1n) is 10.4. The summed E-state index contributed by atoms with van der Waals surface area (Å²) in [5.41, 5.74) is 1.72. The number of amides is 3. The van der Waals surface area contributed by atoms with E-state index in [1.165, 1.54) is 14.2 Å². The number of rotatable bonds is 10. The van der Waals surface area contributed by atoms with Crippen LogP contribution in [0.3, 0.4) is 0 Å². The van der Waals surface area contributed by atoms with E-state index in [9.17, 15) is 14.4 Å². The molecule has 0 aliphatic rings. The molecule has 0 aliphatic carbocycles. The molecule has 0 unspecified atom stereocenters. The Hall–Kier alpha value is -3.39. The normalized spacial score (nSPS) is 12.5. The highest BCUT2D eigenvalue weighted by atomic mass is 16.7. The van der Waals surface area contributed by atoms with Crippen molar-refractivity contribution < 1.29 is 24.0 Å². The second-order valence-corrected chi connectivity index (χ2v) is 7.70. The number of carbonyl (C=O) groups is 3. The summed E-state index contributed by atoms with van der Waals surface area (Å²) in [4.78, 5) is 43.1. The average molecular weight is 442 g/mol. The van der Waals surface area contributed by atoms with Crippen molar-refractivity contribution in [2.45, 2.75) is 39.0 Å². The highest BCUT2D eigenvalue weighted by molar-refractivity contribution is 5.91. The van der Waals surface area contributed by atoms with Crippen molar-refractivity contribution in [3.63, 3.8) is 0 Å². The molecule has 3 amide bonds. The fourth-order valence-corrected chi connectivity index (χ4v) is 3.05. The van der Waals surface area contributed by atoms with Gasteiger partial charge in [0.15, 0.2) is 0 Å². The Labute approximate surface area is 188 Å². The van der Waals surface area contributed by atoms with Gasteiger partial charge < -0.3 is 15.4 Å². The van der Waals surface area contributed by atoms with Crippen LogP contribution in [-0.2, 0) is 32.2 Å². The molecule has 2 aromatic carbocycles. The van der Waals surface area contributed by atoms with E-state index in [1.807, 2.05) is 60.7 Å². The summed E-state index contributed by atoms with van der Waals surface area (Å²) >= 11 is 0. The van der Waals surface area contributed by atoms with Crippen molar-refractivity contribution in [2.75, 3.05) is 14.2 Å². The van der Waals surface area contributed by atoms with Crippen molar-refractivity contribution in [2.24, 2.45) is 5.92 Å². The minimum absolute atomic E-state index is 0.0901. The van der Waals surface area contributed by atoms with Gasteiger partial charge in [0.05, 0.1) is 7.11 Å². The quantitative estimate of drug-likeness (QED) is 0.553. The molecule has 32 heavy (non-hydrogen) atoms. The first-order chi connectivity index (χ1) is 15.3. The summed E-state index contributed by atoms with van der Waals surface area (Å²) < 4.78 is 5.24. The maximum Gasteiger partial charge on any atom is 0.408 e. The van der Waals surface area contributed by atoms with Gasteiger partial charge in [-0.1, -0.05) is 74.5 Å². The van der Waals surface area contributed by atoms with Crippen LogP contribution in [0.1, 0.15) is 25.0 Å². The zero-order valence-electron chi connectivity index (χ0n) is 18.9. The Kier molecular flexibility index (Phi) is 9.69. The Morgan fingerprint density at radius 3 is 2.00 bits per heavy atom. The summed E-state index contributed by atoms with van der Waals surface area (Å²) in [6.45, 7) is 3.70. The molecule has 0 aliphatic heterocycles. The molecule has 0 bridgehead atoms. The maximum absolute atomic E-state index is 13.0. The molecular weight excluding hydrogens is 410 g/mol. The van der Waals surface area contributed by atoms with Crippen molar-refractivity contribution in [3.05, 3.63) is 71.8 Å². The van der Waals surface area contributed by atoms with Crippen LogP contribution in [0.15, 0.2) is 60.7 Å². The number of benzene rings is 2. The van der Waals surface area contributed by atoms with E-state index in [0.717, 1.165) is 16.2 Å². The third kappa shape index (κ3) is 7.70. The lowest BCUT2D eigenvalue weighted by Gasteiger charge is -2.27. The second kappa shape index (κ2) is 12.5. The van der Waals surface area contributed by atoms with Crippen LogP contribution in [-0.4, -0.2) is 49.2 Å². The van der Waals surface area contributed by atoms with Crippen LogP contribution in [0.2, 0.25) is 0 Å². The average Bonchev–Trinajstić information content (AvgIpc) is 2.80. The molecule has 0 aromatic heterocycles. The fourth-order valence-electron chi connectivity index (χ4n) is 3.05. The smallest absolute Gasteiger partial charge is 0.408 e.